The number of aromatic nitrogens is 3. The van der Waals surface area contributed by atoms with Crippen LogP contribution >= 0.6 is 0 Å². The van der Waals surface area contributed by atoms with E-state index in [0.29, 0.717) is 43.2 Å². The van der Waals surface area contributed by atoms with Crippen molar-refractivity contribution in [1.29, 1.82) is 0 Å². The number of benzene rings is 1. The number of rotatable bonds is 4. The van der Waals surface area contributed by atoms with Gasteiger partial charge in [-0.15, -0.1) is 10.2 Å². The van der Waals surface area contributed by atoms with Crippen molar-refractivity contribution in [2.75, 3.05) is 19.8 Å². The zero-order chi connectivity index (χ0) is 17.1. The molecule has 25 heavy (non-hydrogen) atoms. The highest BCUT2D eigenvalue weighted by molar-refractivity contribution is 5.94. The van der Waals surface area contributed by atoms with Gasteiger partial charge in [-0.25, -0.2) is 0 Å². The molecule has 7 nitrogen and oxygen atoms in total. The molecule has 0 saturated carbocycles. The fourth-order valence-corrected chi connectivity index (χ4v) is 3.30. The third kappa shape index (κ3) is 3.45. The van der Waals surface area contributed by atoms with Gasteiger partial charge in [-0.1, -0.05) is 6.42 Å². The molecule has 0 saturated heterocycles. The van der Waals surface area contributed by atoms with Crippen molar-refractivity contribution < 1.29 is 14.3 Å². The number of hydrogen-bond acceptors (Lipinski definition) is 5. The number of amides is 1. The first-order chi connectivity index (χ1) is 12.3. The smallest absolute Gasteiger partial charge is 0.251 e. The second kappa shape index (κ2) is 7.13. The Morgan fingerprint density at radius 3 is 2.92 bits per heavy atom. The monoisotopic (exact) mass is 342 g/mol. The number of hydrogen-bond donors (Lipinski definition) is 1. The van der Waals surface area contributed by atoms with Crippen LogP contribution < -0.4 is 14.8 Å². The summed E-state index contributed by atoms with van der Waals surface area (Å²) >= 11 is 0. The molecule has 0 unspecified atom stereocenters. The molecule has 4 rings (SSSR count). The van der Waals surface area contributed by atoms with E-state index in [0.717, 1.165) is 24.6 Å². The second-order valence-corrected chi connectivity index (χ2v) is 6.36. The molecule has 132 valence electrons. The Labute approximate surface area is 146 Å². The minimum atomic E-state index is -0.118. The standard InChI is InChI=1S/C18H22N4O3/c23-18(13-5-6-14-15(12-13)25-11-10-24-14)19-8-7-17-21-20-16-4-2-1-3-9-22(16)17/h5-6,12H,1-4,7-11H2,(H,19,23). The van der Waals surface area contributed by atoms with Crippen molar-refractivity contribution >= 4 is 5.91 Å². The van der Waals surface area contributed by atoms with Crippen LogP contribution in [-0.2, 0) is 19.4 Å². The molecule has 2 aliphatic rings. The molecule has 1 aromatic carbocycles. The van der Waals surface area contributed by atoms with E-state index in [9.17, 15) is 4.79 Å². The van der Waals surface area contributed by atoms with E-state index >= 15 is 0 Å². The summed E-state index contributed by atoms with van der Waals surface area (Å²) in [6.45, 7) is 2.57. The molecule has 2 aliphatic heterocycles. The van der Waals surface area contributed by atoms with Crippen molar-refractivity contribution in [3.05, 3.63) is 35.4 Å². The second-order valence-electron chi connectivity index (χ2n) is 6.36. The van der Waals surface area contributed by atoms with Crippen LogP contribution in [0.4, 0.5) is 0 Å². The van der Waals surface area contributed by atoms with E-state index in [-0.39, 0.29) is 5.91 Å². The maximum absolute atomic E-state index is 12.4. The largest absolute Gasteiger partial charge is 0.486 e. The van der Waals surface area contributed by atoms with Crippen LogP contribution in [0.3, 0.4) is 0 Å². The summed E-state index contributed by atoms with van der Waals surface area (Å²) in [7, 11) is 0. The van der Waals surface area contributed by atoms with E-state index in [2.05, 4.69) is 20.1 Å². The SMILES string of the molecule is O=C(NCCc1nnc2n1CCCCC2)c1ccc2c(c1)OCCO2. The van der Waals surface area contributed by atoms with Crippen LogP contribution in [0.1, 0.15) is 41.3 Å². The fraction of sp³-hybridized carbons (Fsp3) is 0.500. The zero-order valence-corrected chi connectivity index (χ0v) is 14.2. The van der Waals surface area contributed by atoms with E-state index in [4.69, 9.17) is 9.47 Å². The lowest BCUT2D eigenvalue weighted by Crippen LogP contribution is -2.27. The van der Waals surface area contributed by atoms with E-state index < -0.39 is 0 Å². The molecule has 1 amide bonds. The highest BCUT2D eigenvalue weighted by Gasteiger charge is 2.16. The Balaban J connectivity index is 1.36. The Hall–Kier alpha value is -2.57. The van der Waals surface area contributed by atoms with E-state index in [1.54, 1.807) is 18.2 Å². The third-order valence-electron chi connectivity index (χ3n) is 4.62. The number of fused-ring (bicyclic) bond motifs is 2. The lowest BCUT2D eigenvalue weighted by Gasteiger charge is -2.18. The van der Waals surface area contributed by atoms with E-state index in [1.807, 2.05) is 0 Å². The molecular formula is C18H22N4O3. The number of nitrogens with one attached hydrogen (secondary N) is 1. The van der Waals surface area contributed by atoms with Gasteiger partial charge >= 0.3 is 0 Å². The predicted octanol–water partition coefficient (Wildman–Crippen LogP) is 1.75. The molecule has 2 aromatic rings. The molecule has 0 spiro atoms. The quantitative estimate of drug-likeness (QED) is 0.916. The van der Waals surface area contributed by atoms with Crippen LogP contribution in [0.15, 0.2) is 18.2 Å². The maximum atomic E-state index is 12.4. The van der Waals surface area contributed by atoms with Crippen molar-refractivity contribution in [3.8, 4) is 11.5 Å². The topological polar surface area (TPSA) is 78.3 Å². The Bertz CT molecular complexity index is 772. The lowest BCUT2D eigenvalue weighted by atomic mass is 10.2. The summed E-state index contributed by atoms with van der Waals surface area (Å²) in [5, 5.41) is 11.5. The molecule has 0 radical (unpaired) electrons. The summed E-state index contributed by atoms with van der Waals surface area (Å²) in [4.78, 5) is 12.4. The molecule has 0 atom stereocenters. The number of carbonyl (C=O) groups is 1. The molecule has 7 heteroatoms. The fourth-order valence-electron chi connectivity index (χ4n) is 3.30. The first kappa shape index (κ1) is 15.9. The zero-order valence-electron chi connectivity index (χ0n) is 14.2. The molecule has 3 heterocycles. The van der Waals surface area contributed by atoms with Crippen LogP contribution in [-0.4, -0.2) is 40.4 Å². The van der Waals surface area contributed by atoms with Gasteiger partial charge in [-0.2, -0.15) is 0 Å². The average molecular weight is 342 g/mol. The first-order valence-corrected chi connectivity index (χ1v) is 8.90. The van der Waals surface area contributed by atoms with Crippen LogP contribution in [0, 0.1) is 0 Å². The van der Waals surface area contributed by atoms with Gasteiger partial charge in [-0.3, -0.25) is 4.79 Å². The molecule has 0 bridgehead atoms. The van der Waals surface area contributed by atoms with Gasteiger partial charge < -0.3 is 19.4 Å². The molecule has 1 aromatic heterocycles. The van der Waals surface area contributed by atoms with Crippen molar-refractivity contribution in [2.24, 2.45) is 0 Å². The highest BCUT2D eigenvalue weighted by Crippen LogP contribution is 2.30. The van der Waals surface area contributed by atoms with Crippen LogP contribution in [0.2, 0.25) is 0 Å². The third-order valence-corrected chi connectivity index (χ3v) is 4.62. The minimum Gasteiger partial charge on any atom is -0.486 e. The Morgan fingerprint density at radius 1 is 1.12 bits per heavy atom. The van der Waals surface area contributed by atoms with Gasteiger partial charge in [0.2, 0.25) is 0 Å². The molecule has 0 aliphatic carbocycles. The van der Waals surface area contributed by atoms with Crippen molar-refractivity contribution in [1.82, 2.24) is 20.1 Å². The average Bonchev–Trinajstić information content (AvgIpc) is 2.88. The van der Waals surface area contributed by atoms with Gasteiger partial charge in [0.1, 0.15) is 24.9 Å². The maximum Gasteiger partial charge on any atom is 0.251 e. The van der Waals surface area contributed by atoms with Crippen molar-refractivity contribution in [2.45, 2.75) is 38.6 Å². The number of carbonyl (C=O) groups excluding carboxylic acids is 1. The van der Waals surface area contributed by atoms with Gasteiger partial charge in [-0.05, 0) is 31.0 Å². The Morgan fingerprint density at radius 2 is 2.00 bits per heavy atom. The summed E-state index contributed by atoms with van der Waals surface area (Å²) in [5.74, 6) is 3.23. The summed E-state index contributed by atoms with van der Waals surface area (Å²) < 4.78 is 13.2. The summed E-state index contributed by atoms with van der Waals surface area (Å²) in [6.07, 6.45) is 5.27. The van der Waals surface area contributed by atoms with Gasteiger partial charge in [0.05, 0.1) is 0 Å². The van der Waals surface area contributed by atoms with Crippen LogP contribution in [0.5, 0.6) is 11.5 Å². The van der Waals surface area contributed by atoms with E-state index in [1.165, 1.54) is 19.3 Å². The molecule has 0 fully saturated rings. The number of nitrogens with zero attached hydrogens (tertiary/aromatic N) is 3. The van der Waals surface area contributed by atoms with Crippen LogP contribution in [0.25, 0.3) is 0 Å². The van der Waals surface area contributed by atoms with Gasteiger partial charge in [0.25, 0.3) is 5.91 Å². The van der Waals surface area contributed by atoms with Gasteiger partial charge in [0, 0.05) is 31.5 Å². The minimum absolute atomic E-state index is 0.118. The number of ether oxygens (including phenoxy) is 2. The molecular weight excluding hydrogens is 320 g/mol. The lowest BCUT2D eigenvalue weighted by molar-refractivity contribution is 0.0952. The van der Waals surface area contributed by atoms with Crippen molar-refractivity contribution in [3.63, 3.8) is 0 Å². The van der Waals surface area contributed by atoms with Gasteiger partial charge in [0.15, 0.2) is 11.5 Å². The Kier molecular flexibility index (Phi) is 4.54. The first-order valence-electron chi connectivity index (χ1n) is 8.90. The number of aryl methyl sites for hydroxylation is 1. The summed E-state index contributed by atoms with van der Waals surface area (Å²) in [6, 6.07) is 5.26. The normalized spacial score (nSPS) is 16.0. The molecule has 1 N–H and O–H groups in total. The highest BCUT2D eigenvalue weighted by atomic mass is 16.6. The predicted molar refractivity (Wildman–Crippen MR) is 91.0 cm³/mol. The summed E-state index contributed by atoms with van der Waals surface area (Å²) in [5.41, 5.74) is 0.573.